The van der Waals surface area contributed by atoms with Crippen LogP contribution in [0.5, 0.6) is 0 Å². The molecule has 1 amide bonds. The summed E-state index contributed by atoms with van der Waals surface area (Å²) in [5.41, 5.74) is 2.36. The van der Waals surface area contributed by atoms with Gasteiger partial charge in [0.25, 0.3) is 0 Å². The number of nitrogens with zero attached hydrogens (tertiary/aromatic N) is 2. The molecule has 0 aliphatic carbocycles. The second-order valence-electron chi connectivity index (χ2n) is 6.42. The number of hydrogen-bond acceptors (Lipinski definition) is 3. The summed E-state index contributed by atoms with van der Waals surface area (Å²) in [5.74, 6) is 0.0205. The molecular formula is C19H25N5O. The van der Waals surface area contributed by atoms with Crippen LogP contribution in [-0.4, -0.2) is 39.3 Å². The lowest BCUT2D eigenvalue weighted by Crippen LogP contribution is -2.47. The lowest BCUT2D eigenvalue weighted by molar-refractivity contribution is -0.122. The van der Waals surface area contributed by atoms with Gasteiger partial charge in [-0.05, 0) is 38.0 Å². The van der Waals surface area contributed by atoms with Crippen LogP contribution >= 0.6 is 0 Å². The first kappa shape index (κ1) is 17.2. The zero-order chi connectivity index (χ0) is 17.6. The van der Waals surface area contributed by atoms with Crippen molar-refractivity contribution in [1.29, 1.82) is 0 Å². The molecule has 0 radical (unpaired) electrons. The molecule has 3 rings (SSSR count). The summed E-state index contributed by atoms with van der Waals surface area (Å²) in [6, 6.07) is 10.0. The second-order valence-corrected chi connectivity index (χ2v) is 6.42. The van der Waals surface area contributed by atoms with E-state index in [4.69, 9.17) is 0 Å². The molecule has 0 spiro atoms. The van der Waals surface area contributed by atoms with E-state index in [2.05, 4.69) is 39.8 Å². The average molecular weight is 339 g/mol. The second kappa shape index (κ2) is 7.98. The third kappa shape index (κ3) is 4.48. The Hall–Kier alpha value is -2.60. The number of para-hydroxylation sites is 1. The molecule has 132 valence electrons. The van der Waals surface area contributed by atoms with E-state index in [1.807, 2.05) is 42.2 Å². The van der Waals surface area contributed by atoms with Gasteiger partial charge in [0.05, 0.1) is 12.6 Å². The quantitative estimate of drug-likeness (QED) is 0.588. The molecule has 6 nitrogen and oxygen atoms in total. The fraction of sp³-hybridized carbons (Fsp3) is 0.368. The van der Waals surface area contributed by atoms with Crippen LogP contribution in [0.2, 0.25) is 0 Å². The topological polar surface area (TPSA) is 74.7 Å². The zero-order valence-corrected chi connectivity index (χ0v) is 14.7. The SMILES string of the molecule is C[C@H](Cn1cccn1)N[C@H](C)C(=O)NCCc1c[nH]c2ccccc12. The van der Waals surface area contributed by atoms with E-state index in [0.717, 1.165) is 18.5 Å². The van der Waals surface area contributed by atoms with Gasteiger partial charge in [-0.3, -0.25) is 9.48 Å². The summed E-state index contributed by atoms with van der Waals surface area (Å²) in [7, 11) is 0. The maximum Gasteiger partial charge on any atom is 0.236 e. The van der Waals surface area contributed by atoms with Crippen molar-refractivity contribution in [2.24, 2.45) is 0 Å². The van der Waals surface area contributed by atoms with Crippen molar-refractivity contribution in [3.05, 3.63) is 54.5 Å². The van der Waals surface area contributed by atoms with Gasteiger partial charge in [-0.1, -0.05) is 18.2 Å². The summed E-state index contributed by atoms with van der Waals surface area (Å²) in [5, 5.41) is 11.7. The Morgan fingerprint density at radius 3 is 2.92 bits per heavy atom. The van der Waals surface area contributed by atoms with Crippen LogP contribution in [0.1, 0.15) is 19.4 Å². The number of rotatable bonds is 8. The highest BCUT2D eigenvalue weighted by molar-refractivity contribution is 5.83. The molecule has 0 saturated heterocycles. The van der Waals surface area contributed by atoms with Crippen LogP contribution in [0.4, 0.5) is 0 Å². The molecule has 0 saturated carbocycles. The highest BCUT2D eigenvalue weighted by Gasteiger charge is 2.15. The highest BCUT2D eigenvalue weighted by atomic mass is 16.2. The van der Waals surface area contributed by atoms with E-state index >= 15 is 0 Å². The minimum Gasteiger partial charge on any atom is -0.361 e. The monoisotopic (exact) mass is 339 g/mol. The number of carbonyl (C=O) groups excluding carboxylic acids is 1. The first-order valence-electron chi connectivity index (χ1n) is 8.69. The Balaban J connectivity index is 1.44. The van der Waals surface area contributed by atoms with Crippen LogP contribution in [0.15, 0.2) is 48.9 Å². The van der Waals surface area contributed by atoms with Crippen LogP contribution in [0, 0.1) is 0 Å². The molecule has 0 fully saturated rings. The first-order valence-corrected chi connectivity index (χ1v) is 8.69. The fourth-order valence-electron chi connectivity index (χ4n) is 3.06. The van der Waals surface area contributed by atoms with Crippen molar-refractivity contribution in [3.8, 4) is 0 Å². The number of aromatic amines is 1. The van der Waals surface area contributed by atoms with E-state index in [0.29, 0.717) is 6.54 Å². The van der Waals surface area contributed by atoms with Gasteiger partial charge in [0.15, 0.2) is 0 Å². The molecule has 1 aromatic carbocycles. The summed E-state index contributed by atoms with van der Waals surface area (Å²) in [6.07, 6.45) is 6.51. The molecular weight excluding hydrogens is 314 g/mol. The third-order valence-electron chi connectivity index (χ3n) is 4.32. The van der Waals surface area contributed by atoms with Crippen LogP contribution < -0.4 is 10.6 Å². The predicted molar refractivity (Wildman–Crippen MR) is 99.3 cm³/mol. The molecule has 0 bridgehead atoms. The standard InChI is InChI=1S/C19H25N5O/c1-14(13-24-11-5-9-22-24)23-15(2)19(25)20-10-8-16-12-21-18-7-4-3-6-17(16)18/h3-7,9,11-12,14-15,21,23H,8,10,13H2,1-2H3,(H,20,25)/t14-,15-/m1/s1. The molecule has 6 heteroatoms. The number of fused-ring (bicyclic) bond motifs is 1. The van der Waals surface area contributed by atoms with Gasteiger partial charge < -0.3 is 15.6 Å². The maximum atomic E-state index is 12.3. The molecule has 0 aliphatic heterocycles. The predicted octanol–water partition coefficient (Wildman–Crippen LogP) is 2.09. The maximum absolute atomic E-state index is 12.3. The van der Waals surface area contributed by atoms with Crippen molar-refractivity contribution < 1.29 is 4.79 Å². The number of benzene rings is 1. The molecule has 25 heavy (non-hydrogen) atoms. The van der Waals surface area contributed by atoms with E-state index in [9.17, 15) is 4.79 Å². The Morgan fingerprint density at radius 2 is 2.12 bits per heavy atom. The fourth-order valence-corrected chi connectivity index (χ4v) is 3.06. The molecule has 2 aromatic heterocycles. The number of nitrogens with one attached hydrogen (secondary N) is 3. The molecule has 0 unspecified atom stereocenters. The number of carbonyl (C=O) groups is 1. The Kier molecular flexibility index (Phi) is 5.50. The average Bonchev–Trinajstić information content (AvgIpc) is 3.24. The summed E-state index contributed by atoms with van der Waals surface area (Å²) in [6.45, 7) is 5.30. The van der Waals surface area contributed by atoms with E-state index in [-0.39, 0.29) is 18.0 Å². The van der Waals surface area contributed by atoms with Gasteiger partial charge in [0.1, 0.15) is 0 Å². The van der Waals surface area contributed by atoms with E-state index in [1.165, 1.54) is 10.9 Å². The van der Waals surface area contributed by atoms with Gasteiger partial charge in [-0.25, -0.2) is 0 Å². The molecule has 3 aromatic rings. The summed E-state index contributed by atoms with van der Waals surface area (Å²) < 4.78 is 1.86. The Morgan fingerprint density at radius 1 is 1.28 bits per heavy atom. The lowest BCUT2D eigenvalue weighted by atomic mass is 10.1. The van der Waals surface area contributed by atoms with Crippen LogP contribution in [0.3, 0.4) is 0 Å². The van der Waals surface area contributed by atoms with Crippen LogP contribution in [0.25, 0.3) is 10.9 Å². The van der Waals surface area contributed by atoms with Crippen molar-refractivity contribution >= 4 is 16.8 Å². The van der Waals surface area contributed by atoms with Crippen molar-refractivity contribution in [3.63, 3.8) is 0 Å². The number of H-pyrrole nitrogens is 1. The Bertz CT molecular complexity index is 808. The Labute approximate surface area is 147 Å². The minimum absolute atomic E-state index is 0.0205. The number of amides is 1. The largest absolute Gasteiger partial charge is 0.361 e. The summed E-state index contributed by atoms with van der Waals surface area (Å²) >= 11 is 0. The van der Waals surface area contributed by atoms with Crippen LogP contribution in [-0.2, 0) is 17.8 Å². The summed E-state index contributed by atoms with van der Waals surface area (Å²) in [4.78, 5) is 15.5. The highest BCUT2D eigenvalue weighted by Crippen LogP contribution is 2.17. The zero-order valence-electron chi connectivity index (χ0n) is 14.7. The first-order chi connectivity index (χ1) is 12.1. The van der Waals surface area contributed by atoms with Crippen molar-refractivity contribution in [2.45, 2.75) is 38.9 Å². The minimum atomic E-state index is -0.242. The molecule has 2 heterocycles. The van der Waals surface area contributed by atoms with Crippen molar-refractivity contribution in [1.82, 2.24) is 25.4 Å². The normalized spacial score (nSPS) is 13.7. The van der Waals surface area contributed by atoms with E-state index < -0.39 is 0 Å². The molecule has 0 aliphatic rings. The van der Waals surface area contributed by atoms with E-state index in [1.54, 1.807) is 6.20 Å². The van der Waals surface area contributed by atoms with Gasteiger partial charge in [0, 0.05) is 42.1 Å². The van der Waals surface area contributed by atoms with Gasteiger partial charge >= 0.3 is 0 Å². The smallest absolute Gasteiger partial charge is 0.236 e. The van der Waals surface area contributed by atoms with Gasteiger partial charge in [-0.15, -0.1) is 0 Å². The molecule has 2 atom stereocenters. The number of hydrogen-bond donors (Lipinski definition) is 3. The lowest BCUT2D eigenvalue weighted by Gasteiger charge is -2.19. The third-order valence-corrected chi connectivity index (χ3v) is 4.32. The number of aromatic nitrogens is 3. The van der Waals surface area contributed by atoms with Gasteiger partial charge in [-0.2, -0.15) is 5.10 Å². The van der Waals surface area contributed by atoms with Gasteiger partial charge in [0.2, 0.25) is 5.91 Å². The van der Waals surface area contributed by atoms with Crippen molar-refractivity contribution in [2.75, 3.05) is 6.54 Å². The molecule has 3 N–H and O–H groups in total.